The second-order valence-electron chi connectivity index (χ2n) is 8.76. The molecule has 0 bridgehead atoms. The molecule has 1 heterocycles. The predicted octanol–water partition coefficient (Wildman–Crippen LogP) is 3.65. The van der Waals surface area contributed by atoms with Crippen LogP contribution < -0.4 is 10.1 Å². The lowest BCUT2D eigenvalue weighted by atomic mass is 9.82. The van der Waals surface area contributed by atoms with Gasteiger partial charge in [-0.05, 0) is 73.0 Å². The largest absolute Gasteiger partial charge is 0.496 e. The molecular formula is C24H33N3O3S. The minimum absolute atomic E-state index is 0.137. The lowest BCUT2D eigenvalue weighted by Crippen LogP contribution is -2.37. The SMILES string of the molecule is COc1cccc2c1CCC[C@H]2CN(C)CCc1ccc2c(c1)NC(N(C)S(=O)O)C2. The smallest absolute Gasteiger partial charge is 0.236 e. The molecule has 6 nitrogen and oxygen atoms in total. The highest BCUT2D eigenvalue weighted by Gasteiger charge is 2.27. The molecular weight excluding hydrogens is 410 g/mol. The number of benzene rings is 2. The highest BCUT2D eigenvalue weighted by Crippen LogP contribution is 2.37. The van der Waals surface area contributed by atoms with Gasteiger partial charge in [0.05, 0.1) is 13.3 Å². The maximum Gasteiger partial charge on any atom is 0.236 e. The number of hydrogen-bond donors (Lipinski definition) is 2. The third kappa shape index (κ3) is 4.95. The molecule has 1 aliphatic carbocycles. The summed E-state index contributed by atoms with van der Waals surface area (Å²) >= 11 is -1.97. The number of ether oxygens (including phenoxy) is 1. The molecule has 0 fully saturated rings. The van der Waals surface area contributed by atoms with Crippen LogP contribution in [0.15, 0.2) is 36.4 Å². The Morgan fingerprint density at radius 2 is 2.10 bits per heavy atom. The van der Waals surface area contributed by atoms with Gasteiger partial charge in [-0.25, -0.2) is 4.21 Å². The average molecular weight is 444 g/mol. The zero-order valence-electron chi connectivity index (χ0n) is 18.6. The summed E-state index contributed by atoms with van der Waals surface area (Å²) in [6.45, 7) is 2.05. The number of nitrogens with one attached hydrogen (secondary N) is 1. The maximum absolute atomic E-state index is 11.3. The number of methoxy groups -OCH3 is 1. The van der Waals surface area contributed by atoms with Crippen LogP contribution in [0.2, 0.25) is 0 Å². The van der Waals surface area contributed by atoms with E-state index in [9.17, 15) is 8.76 Å². The molecule has 0 radical (unpaired) electrons. The quantitative estimate of drug-likeness (QED) is 0.610. The van der Waals surface area contributed by atoms with Crippen LogP contribution in [0.25, 0.3) is 0 Å². The number of likely N-dealkylation sites (N-methyl/N-ethyl adjacent to an activating group) is 2. The van der Waals surface area contributed by atoms with E-state index in [4.69, 9.17) is 4.74 Å². The fourth-order valence-electron chi connectivity index (χ4n) is 4.94. The molecule has 0 aromatic heterocycles. The summed E-state index contributed by atoms with van der Waals surface area (Å²) in [4.78, 5) is 2.44. The van der Waals surface area contributed by atoms with Crippen molar-refractivity contribution in [2.45, 2.75) is 44.2 Å². The number of fused-ring (bicyclic) bond motifs is 2. The fraction of sp³-hybridized carbons (Fsp3) is 0.500. The molecule has 2 unspecified atom stereocenters. The minimum Gasteiger partial charge on any atom is -0.496 e. The van der Waals surface area contributed by atoms with Crippen molar-refractivity contribution >= 4 is 17.0 Å². The molecule has 0 spiro atoms. The van der Waals surface area contributed by atoms with Crippen molar-refractivity contribution in [3.8, 4) is 5.75 Å². The molecule has 2 aromatic carbocycles. The molecule has 168 valence electrons. The van der Waals surface area contributed by atoms with E-state index in [1.165, 1.54) is 39.4 Å². The van der Waals surface area contributed by atoms with Gasteiger partial charge in [0.1, 0.15) is 5.75 Å². The Hall–Kier alpha value is -1.93. The first-order valence-corrected chi connectivity index (χ1v) is 12.1. The van der Waals surface area contributed by atoms with Gasteiger partial charge in [0, 0.05) is 32.2 Å². The Morgan fingerprint density at radius 3 is 2.87 bits per heavy atom. The number of nitrogens with zero attached hydrogens (tertiary/aromatic N) is 2. The molecule has 0 saturated carbocycles. The van der Waals surface area contributed by atoms with Gasteiger partial charge in [0.15, 0.2) is 0 Å². The van der Waals surface area contributed by atoms with Crippen LogP contribution in [-0.4, -0.2) is 58.4 Å². The first-order chi connectivity index (χ1) is 15.0. The van der Waals surface area contributed by atoms with Crippen LogP contribution in [0.3, 0.4) is 0 Å². The van der Waals surface area contributed by atoms with E-state index in [0.29, 0.717) is 5.92 Å². The van der Waals surface area contributed by atoms with Crippen LogP contribution in [0.1, 0.15) is 41.0 Å². The van der Waals surface area contributed by atoms with E-state index in [-0.39, 0.29) is 6.17 Å². The van der Waals surface area contributed by atoms with Gasteiger partial charge in [-0.15, -0.1) is 0 Å². The van der Waals surface area contributed by atoms with Crippen molar-refractivity contribution in [3.63, 3.8) is 0 Å². The molecule has 4 rings (SSSR count). The highest BCUT2D eigenvalue weighted by atomic mass is 32.2. The zero-order chi connectivity index (χ0) is 22.0. The zero-order valence-corrected chi connectivity index (χ0v) is 19.5. The Bertz CT molecular complexity index is 952. The Morgan fingerprint density at radius 1 is 1.26 bits per heavy atom. The molecule has 1 aliphatic heterocycles. The molecule has 2 aromatic rings. The van der Waals surface area contributed by atoms with Gasteiger partial charge < -0.3 is 15.0 Å². The van der Waals surface area contributed by atoms with Gasteiger partial charge in [0.25, 0.3) is 0 Å². The molecule has 3 atom stereocenters. The van der Waals surface area contributed by atoms with Crippen LogP contribution in [0.5, 0.6) is 5.75 Å². The second kappa shape index (κ2) is 9.69. The predicted molar refractivity (Wildman–Crippen MR) is 126 cm³/mol. The van der Waals surface area contributed by atoms with Crippen molar-refractivity contribution in [1.82, 2.24) is 9.21 Å². The first kappa shape index (κ1) is 22.3. The summed E-state index contributed by atoms with van der Waals surface area (Å²) in [5, 5.41) is 3.38. The molecule has 0 saturated heterocycles. The minimum atomic E-state index is -1.97. The first-order valence-electron chi connectivity index (χ1n) is 11.0. The molecule has 2 aliphatic rings. The molecule has 31 heavy (non-hydrogen) atoms. The van der Waals surface area contributed by atoms with E-state index in [2.05, 4.69) is 53.7 Å². The van der Waals surface area contributed by atoms with Crippen LogP contribution in [0.4, 0.5) is 5.69 Å². The summed E-state index contributed by atoms with van der Waals surface area (Å²) < 4.78 is 27.7. The van der Waals surface area contributed by atoms with Crippen molar-refractivity contribution in [2.75, 3.05) is 39.6 Å². The third-order valence-electron chi connectivity index (χ3n) is 6.72. The van der Waals surface area contributed by atoms with E-state index in [1.54, 1.807) is 14.2 Å². The van der Waals surface area contributed by atoms with Gasteiger partial charge >= 0.3 is 0 Å². The normalized spacial score (nSPS) is 21.0. The summed E-state index contributed by atoms with van der Waals surface area (Å²) in [5.41, 5.74) is 6.42. The number of hydrogen-bond acceptors (Lipinski definition) is 4. The van der Waals surface area contributed by atoms with Gasteiger partial charge in [-0.2, -0.15) is 4.31 Å². The summed E-state index contributed by atoms with van der Waals surface area (Å²) in [6.07, 6.45) is 5.15. The van der Waals surface area contributed by atoms with Gasteiger partial charge in [0.2, 0.25) is 11.3 Å². The van der Waals surface area contributed by atoms with Crippen LogP contribution >= 0.6 is 0 Å². The van der Waals surface area contributed by atoms with E-state index in [1.807, 2.05) is 0 Å². The Balaban J connectivity index is 1.35. The third-order valence-corrected chi connectivity index (χ3v) is 7.46. The van der Waals surface area contributed by atoms with E-state index in [0.717, 1.165) is 43.8 Å². The summed E-state index contributed by atoms with van der Waals surface area (Å²) in [7, 11) is 5.64. The van der Waals surface area contributed by atoms with Crippen molar-refractivity contribution in [3.05, 3.63) is 58.7 Å². The maximum atomic E-state index is 11.3. The number of rotatable bonds is 8. The van der Waals surface area contributed by atoms with Gasteiger partial charge in [-0.3, -0.25) is 4.55 Å². The summed E-state index contributed by atoms with van der Waals surface area (Å²) in [6, 6.07) is 13.0. The summed E-state index contributed by atoms with van der Waals surface area (Å²) in [5.74, 6) is 1.59. The fourth-order valence-corrected chi connectivity index (χ4v) is 5.29. The lowest BCUT2D eigenvalue weighted by molar-refractivity contribution is 0.299. The monoisotopic (exact) mass is 443 g/mol. The van der Waals surface area contributed by atoms with E-state index >= 15 is 0 Å². The number of anilines is 1. The van der Waals surface area contributed by atoms with E-state index < -0.39 is 11.3 Å². The average Bonchev–Trinajstić information content (AvgIpc) is 3.20. The van der Waals surface area contributed by atoms with Crippen LogP contribution in [0, 0.1) is 0 Å². The highest BCUT2D eigenvalue weighted by molar-refractivity contribution is 7.76. The molecule has 7 heteroatoms. The Kier molecular flexibility index (Phi) is 6.96. The van der Waals surface area contributed by atoms with Crippen molar-refractivity contribution in [1.29, 1.82) is 0 Å². The van der Waals surface area contributed by atoms with Gasteiger partial charge in [-0.1, -0.05) is 24.3 Å². The Labute approximate surface area is 188 Å². The standard InChI is InChI=1S/C24H33N3O3S/c1-26(16-19-6-4-8-21-20(19)7-5-9-23(21)30-3)13-12-17-10-11-18-15-24(25-22(18)14-17)27(2)31(28)29/h5,7,9-11,14,19,24-25H,4,6,8,12-13,15-16H2,1-3H3,(H,28,29)/t19-,24?/m0/s1. The topological polar surface area (TPSA) is 65.0 Å². The lowest BCUT2D eigenvalue weighted by Gasteiger charge is -2.30. The molecule has 2 N–H and O–H groups in total. The van der Waals surface area contributed by atoms with Crippen molar-refractivity contribution < 1.29 is 13.5 Å². The second-order valence-corrected chi connectivity index (χ2v) is 9.80. The van der Waals surface area contributed by atoms with Crippen LogP contribution in [-0.2, 0) is 30.5 Å². The molecule has 0 amide bonds. The van der Waals surface area contributed by atoms with Crippen molar-refractivity contribution in [2.24, 2.45) is 0 Å².